The van der Waals surface area contributed by atoms with Crippen molar-refractivity contribution in [3.8, 4) is 40.1 Å². The van der Waals surface area contributed by atoms with Gasteiger partial charge in [-0.2, -0.15) is 0 Å². The van der Waals surface area contributed by atoms with E-state index < -0.39 is 0 Å². The van der Waals surface area contributed by atoms with Gasteiger partial charge < -0.3 is 13.9 Å². The van der Waals surface area contributed by atoms with Crippen LogP contribution in [0.25, 0.3) is 50.4 Å². The van der Waals surface area contributed by atoms with Crippen LogP contribution in [0.1, 0.15) is 68.7 Å². The molecular weight excluding hydrogens is 709 g/mol. The van der Waals surface area contributed by atoms with E-state index in [1.165, 1.54) is 62.8 Å². The van der Waals surface area contributed by atoms with Crippen molar-refractivity contribution in [1.29, 1.82) is 0 Å². The van der Waals surface area contributed by atoms with Crippen LogP contribution in [0.15, 0.2) is 164 Å². The largest absolute Gasteiger partial charge is 0.423 e. The molecule has 0 bridgehead atoms. The van der Waals surface area contributed by atoms with Gasteiger partial charge in [0.2, 0.25) is 0 Å². The van der Waals surface area contributed by atoms with E-state index in [0.29, 0.717) is 35.0 Å². The molecule has 2 saturated carbocycles. The van der Waals surface area contributed by atoms with E-state index in [2.05, 4.69) is 142 Å². The number of allylic oxidation sites excluding steroid dienone is 3. The summed E-state index contributed by atoms with van der Waals surface area (Å²) in [6, 6.07) is 49.9. The number of carbonyl (C=O) groups is 1. The van der Waals surface area contributed by atoms with Gasteiger partial charge in [0.15, 0.2) is 0 Å². The number of aromatic nitrogens is 2. The summed E-state index contributed by atoms with van der Waals surface area (Å²) in [5, 5.41) is 2.65. The molecule has 58 heavy (non-hydrogen) atoms. The van der Waals surface area contributed by atoms with Crippen LogP contribution in [-0.2, 0) is 6.42 Å². The standard InChI is InChI=1S/C54H38N2O2/c57-54(58-43-29-27-42(28-30-43)56-50-10-3-1-7-44(50)46-9-5-6-39-32-48(39)52(46)56)38-22-20-37(21-23-38)36-18-14-34(15-19-36)12-13-35-16-25-41(26-17-35)55-51-11-4-2-8-45(51)47-31-24-40-33-49(40)53(47)55/h1-8,10-11,14-31,39-40,48-49H,9,32-33H2. The lowest BCUT2D eigenvalue weighted by Crippen LogP contribution is -2.08. The third-order valence-electron chi connectivity index (χ3n) is 12.7. The summed E-state index contributed by atoms with van der Waals surface area (Å²) < 4.78 is 10.7. The van der Waals surface area contributed by atoms with Crippen molar-refractivity contribution >= 4 is 33.9 Å². The summed E-state index contributed by atoms with van der Waals surface area (Å²) in [6.45, 7) is 0. The highest BCUT2D eigenvalue weighted by Crippen LogP contribution is 2.56. The van der Waals surface area contributed by atoms with Crippen LogP contribution in [0.2, 0.25) is 0 Å². The quantitative estimate of drug-likeness (QED) is 0.0761. The first kappa shape index (κ1) is 33.1. The molecule has 2 aromatic heterocycles. The van der Waals surface area contributed by atoms with Gasteiger partial charge in [0.05, 0.1) is 16.6 Å². The van der Waals surface area contributed by atoms with Crippen LogP contribution in [0.3, 0.4) is 0 Å². The van der Waals surface area contributed by atoms with E-state index in [-0.39, 0.29) is 5.97 Å². The number of hydrogen-bond acceptors (Lipinski definition) is 2. The Hall–Kier alpha value is -7.09. The van der Waals surface area contributed by atoms with Gasteiger partial charge in [0.1, 0.15) is 5.75 Å². The van der Waals surface area contributed by atoms with E-state index in [9.17, 15) is 4.79 Å². The summed E-state index contributed by atoms with van der Waals surface area (Å²) >= 11 is 0. The van der Waals surface area contributed by atoms with E-state index >= 15 is 0 Å². The van der Waals surface area contributed by atoms with Gasteiger partial charge in [-0.15, -0.1) is 0 Å². The van der Waals surface area contributed by atoms with Gasteiger partial charge in [-0.05, 0) is 133 Å². The Morgan fingerprint density at radius 2 is 1.12 bits per heavy atom. The van der Waals surface area contributed by atoms with E-state index in [4.69, 9.17) is 4.74 Å². The first-order valence-electron chi connectivity index (χ1n) is 20.4. The molecule has 4 heteroatoms. The molecule has 0 spiro atoms. The second kappa shape index (κ2) is 13.0. The predicted octanol–water partition coefficient (Wildman–Crippen LogP) is 12.2. The zero-order chi connectivity index (χ0) is 38.3. The molecule has 0 saturated heterocycles. The van der Waals surface area contributed by atoms with Crippen molar-refractivity contribution in [3.63, 3.8) is 0 Å². The van der Waals surface area contributed by atoms with Crippen molar-refractivity contribution in [2.45, 2.75) is 31.1 Å². The van der Waals surface area contributed by atoms with Crippen LogP contribution in [-0.4, -0.2) is 15.1 Å². The molecule has 4 aliphatic carbocycles. The highest BCUT2D eigenvalue weighted by molar-refractivity contribution is 5.94. The number of benzene rings is 6. The third kappa shape index (κ3) is 5.50. The highest BCUT2D eigenvalue weighted by Gasteiger charge is 2.43. The van der Waals surface area contributed by atoms with Crippen LogP contribution >= 0.6 is 0 Å². The molecule has 4 aliphatic rings. The normalized spacial score (nSPS) is 19.3. The number of para-hydroxylation sites is 2. The van der Waals surface area contributed by atoms with Crippen LogP contribution in [0, 0.1) is 23.7 Å². The number of nitrogens with zero attached hydrogens (tertiary/aromatic N) is 2. The average Bonchev–Trinajstić information content (AvgIpc) is 4.19. The minimum atomic E-state index is -0.375. The van der Waals surface area contributed by atoms with Crippen molar-refractivity contribution in [3.05, 3.63) is 203 Å². The minimum Gasteiger partial charge on any atom is -0.423 e. The fraction of sp³-hybridized carbons (Fsp3) is 0.130. The number of carbonyl (C=O) groups excluding carboxylic acids is 1. The molecule has 0 amide bonds. The monoisotopic (exact) mass is 746 g/mol. The second-order valence-corrected chi connectivity index (χ2v) is 16.2. The number of esters is 1. The molecule has 0 aliphatic heterocycles. The zero-order valence-electron chi connectivity index (χ0n) is 31.8. The van der Waals surface area contributed by atoms with Crippen LogP contribution in [0.4, 0.5) is 0 Å². The SMILES string of the molecule is O=C(Oc1ccc(-n2c3c(c4ccccc42)CC=CC2CC32)cc1)c1ccc(-c2ccc(C#Cc3ccc(-n4c5c(c6ccccc64)C=CC4CC54)cc3)cc2)cc1. The van der Waals surface area contributed by atoms with E-state index in [1.807, 2.05) is 48.5 Å². The van der Waals surface area contributed by atoms with Crippen LogP contribution < -0.4 is 4.74 Å². The second-order valence-electron chi connectivity index (χ2n) is 16.2. The average molecular weight is 747 g/mol. The smallest absolute Gasteiger partial charge is 0.343 e. The zero-order valence-corrected chi connectivity index (χ0v) is 31.8. The molecule has 2 heterocycles. The third-order valence-corrected chi connectivity index (χ3v) is 12.7. The maximum absolute atomic E-state index is 13.2. The molecule has 0 radical (unpaired) electrons. The molecule has 6 aromatic carbocycles. The molecular formula is C54H38N2O2. The van der Waals surface area contributed by atoms with Gasteiger partial charge >= 0.3 is 5.97 Å². The highest BCUT2D eigenvalue weighted by atomic mass is 16.5. The molecule has 276 valence electrons. The summed E-state index contributed by atoms with van der Waals surface area (Å²) in [7, 11) is 0. The first-order chi connectivity index (χ1) is 28.6. The van der Waals surface area contributed by atoms with E-state index in [1.54, 1.807) is 0 Å². The van der Waals surface area contributed by atoms with Crippen LogP contribution in [0.5, 0.6) is 5.75 Å². The topological polar surface area (TPSA) is 36.2 Å². The number of hydrogen-bond donors (Lipinski definition) is 0. The lowest BCUT2D eigenvalue weighted by atomic mass is 10.0. The number of fused-ring (bicyclic) bond motifs is 10. The van der Waals surface area contributed by atoms with Gasteiger partial charge in [-0.1, -0.05) is 96.8 Å². The number of rotatable bonds is 5. The maximum Gasteiger partial charge on any atom is 0.343 e. The Labute approximate surface area is 337 Å². The molecule has 4 unspecified atom stereocenters. The molecule has 12 rings (SSSR count). The van der Waals surface area contributed by atoms with Crippen molar-refractivity contribution < 1.29 is 9.53 Å². The Bertz CT molecular complexity index is 3070. The summed E-state index contributed by atoms with van der Waals surface area (Å²) in [5.41, 5.74) is 15.0. The van der Waals surface area contributed by atoms with Gasteiger partial charge in [0.25, 0.3) is 0 Å². The van der Waals surface area contributed by atoms with Crippen molar-refractivity contribution in [2.24, 2.45) is 11.8 Å². The molecule has 4 nitrogen and oxygen atoms in total. The Morgan fingerprint density at radius 1 is 0.569 bits per heavy atom. The predicted molar refractivity (Wildman–Crippen MR) is 233 cm³/mol. The van der Waals surface area contributed by atoms with Crippen molar-refractivity contribution in [1.82, 2.24) is 9.13 Å². The maximum atomic E-state index is 13.2. The lowest BCUT2D eigenvalue weighted by molar-refractivity contribution is 0.0734. The Kier molecular flexibility index (Phi) is 7.40. The minimum absolute atomic E-state index is 0.375. The summed E-state index contributed by atoms with van der Waals surface area (Å²) in [5.74, 6) is 9.36. The fourth-order valence-electron chi connectivity index (χ4n) is 9.59. The molecule has 0 N–H and O–H groups in total. The molecule has 8 aromatic rings. The molecule has 4 atom stereocenters. The molecule has 2 fully saturated rings. The fourth-order valence-corrected chi connectivity index (χ4v) is 9.59. The lowest BCUT2D eigenvalue weighted by Gasteiger charge is -2.13. The summed E-state index contributed by atoms with van der Waals surface area (Å²) in [6.07, 6.45) is 12.9. The first-order valence-corrected chi connectivity index (χ1v) is 20.4. The van der Waals surface area contributed by atoms with Crippen molar-refractivity contribution in [2.75, 3.05) is 0 Å². The summed E-state index contributed by atoms with van der Waals surface area (Å²) in [4.78, 5) is 13.2. The van der Waals surface area contributed by atoms with Gasteiger partial charge in [-0.25, -0.2) is 4.79 Å². The van der Waals surface area contributed by atoms with E-state index in [0.717, 1.165) is 34.4 Å². The Balaban J connectivity index is 0.719. The number of ether oxygens (including phenoxy) is 1. The van der Waals surface area contributed by atoms with Gasteiger partial charge in [0, 0.05) is 62.1 Å². The van der Waals surface area contributed by atoms with Gasteiger partial charge in [-0.3, -0.25) is 0 Å². The Morgan fingerprint density at radius 3 is 1.83 bits per heavy atom.